The van der Waals surface area contributed by atoms with Gasteiger partial charge in [0.05, 0.1) is 6.07 Å². The average molecular weight is 198 g/mol. The molecular weight excluding hydrogens is 184 g/mol. The van der Waals surface area contributed by atoms with Gasteiger partial charge in [-0.1, -0.05) is 0 Å². The van der Waals surface area contributed by atoms with Crippen molar-refractivity contribution in [2.75, 3.05) is 7.11 Å². The van der Waals surface area contributed by atoms with E-state index in [0.717, 1.165) is 12.8 Å². The molecule has 0 spiro atoms. The second kappa shape index (κ2) is 4.40. The van der Waals surface area contributed by atoms with E-state index in [1.54, 1.807) is 6.92 Å². The molecule has 1 aliphatic rings. The van der Waals surface area contributed by atoms with Crippen LogP contribution in [-0.4, -0.2) is 41.4 Å². The molecule has 2 atom stereocenters. The van der Waals surface area contributed by atoms with Crippen molar-refractivity contribution in [3.05, 3.63) is 0 Å². The zero-order valence-electron chi connectivity index (χ0n) is 8.30. The third-order valence-electron chi connectivity index (χ3n) is 2.23. The Labute approximate surface area is 82.9 Å². The molecule has 0 aliphatic heterocycles. The molecule has 1 saturated carbocycles. The Morgan fingerprint density at radius 1 is 1.71 bits per heavy atom. The van der Waals surface area contributed by atoms with Gasteiger partial charge in [0.1, 0.15) is 6.04 Å². The van der Waals surface area contributed by atoms with Crippen molar-refractivity contribution in [2.45, 2.75) is 38.1 Å². The predicted octanol–water partition coefficient (Wildman–Crippen LogP) is -0.146. The van der Waals surface area contributed by atoms with Crippen LogP contribution >= 0.6 is 0 Å². The molecular formula is C9H14N2O3. The topological polar surface area (TPSA) is 73.6 Å². The predicted molar refractivity (Wildman–Crippen MR) is 48.0 cm³/mol. The molecule has 0 aromatic carbocycles. The molecule has 0 saturated heterocycles. The standard InChI is InChI=1S/C9H14N2O3/c1-6(5-10)11(7-3-4-7)8(12)9(13)14-2/h6-7,9,13H,3-4H2,1-2H3/t6-,9?/m0/s1. The summed E-state index contributed by atoms with van der Waals surface area (Å²) >= 11 is 0. The number of amides is 1. The molecule has 1 fully saturated rings. The molecule has 78 valence electrons. The van der Waals surface area contributed by atoms with Gasteiger partial charge in [-0.15, -0.1) is 0 Å². The van der Waals surface area contributed by atoms with Gasteiger partial charge in [-0.2, -0.15) is 5.26 Å². The van der Waals surface area contributed by atoms with Gasteiger partial charge in [0, 0.05) is 13.2 Å². The molecule has 5 nitrogen and oxygen atoms in total. The smallest absolute Gasteiger partial charge is 0.280 e. The Morgan fingerprint density at radius 2 is 2.29 bits per heavy atom. The number of ether oxygens (including phenoxy) is 1. The second-order valence-electron chi connectivity index (χ2n) is 3.37. The maximum atomic E-state index is 11.6. The quantitative estimate of drug-likeness (QED) is 0.638. The average Bonchev–Trinajstić information content (AvgIpc) is 3.00. The summed E-state index contributed by atoms with van der Waals surface area (Å²) in [5.41, 5.74) is 0. The summed E-state index contributed by atoms with van der Waals surface area (Å²) in [6, 6.07) is 1.57. The number of carbonyl (C=O) groups excluding carboxylic acids is 1. The van der Waals surface area contributed by atoms with E-state index in [1.165, 1.54) is 12.0 Å². The highest BCUT2D eigenvalue weighted by atomic mass is 16.6. The Hall–Kier alpha value is -1.12. The fourth-order valence-corrected chi connectivity index (χ4v) is 1.33. The first-order valence-electron chi connectivity index (χ1n) is 4.54. The van der Waals surface area contributed by atoms with Crippen molar-refractivity contribution < 1.29 is 14.6 Å². The third-order valence-corrected chi connectivity index (χ3v) is 2.23. The van der Waals surface area contributed by atoms with Gasteiger partial charge in [-0.05, 0) is 19.8 Å². The lowest BCUT2D eigenvalue weighted by Gasteiger charge is -2.26. The Kier molecular flexibility index (Phi) is 3.44. The molecule has 1 rings (SSSR count). The first-order chi connectivity index (χ1) is 6.61. The van der Waals surface area contributed by atoms with Crippen LogP contribution in [0.2, 0.25) is 0 Å². The van der Waals surface area contributed by atoms with Crippen LogP contribution in [0.15, 0.2) is 0 Å². The zero-order valence-corrected chi connectivity index (χ0v) is 8.30. The second-order valence-corrected chi connectivity index (χ2v) is 3.37. The van der Waals surface area contributed by atoms with Gasteiger partial charge < -0.3 is 14.7 Å². The van der Waals surface area contributed by atoms with E-state index < -0.39 is 18.2 Å². The molecule has 0 aromatic heterocycles. The number of methoxy groups -OCH3 is 1. The van der Waals surface area contributed by atoms with Crippen LogP contribution in [0.25, 0.3) is 0 Å². The van der Waals surface area contributed by atoms with Crippen LogP contribution in [0.5, 0.6) is 0 Å². The van der Waals surface area contributed by atoms with Gasteiger partial charge in [-0.25, -0.2) is 0 Å². The number of hydrogen-bond acceptors (Lipinski definition) is 4. The van der Waals surface area contributed by atoms with Gasteiger partial charge in [0.25, 0.3) is 5.91 Å². The number of aliphatic hydroxyl groups excluding tert-OH is 1. The minimum absolute atomic E-state index is 0.0990. The van der Waals surface area contributed by atoms with Crippen molar-refractivity contribution in [3.63, 3.8) is 0 Å². The van der Waals surface area contributed by atoms with Crippen LogP contribution in [-0.2, 0) is 9.53 Å². The van der Waals surface area contributed by atoms with Crippen LogP contribution in [0.4, 0.5) is 0 Å². The SMILES string of the molecule is COC(O)C(=O)N(C1CC1)[C@@H](C)C#N. The fraction of sp³-hybridized carbons (Fsp3) is 0.778. The van der Waals surface area contributed by atoms with E-state index in [-0.39, 0.29) is 6.04 Å². The van der Waals surface area contributed by atoms with E-state index in [1.807, 2.05) is 6.07 Å². The monoisotopic (exact) mass is 198 g/mol. The Bertz CT molecular complexity index is 257. The van der Waals surface area contributed by atoms with Crippen molar-refractivity contribution in [1.82, 2.24) is 4.90 Å². The van der Waals surface area contributed by atoms with E-state index in [0.29, 0.717) is 0 Å². The maximum absolute atomic E-state index is 11.6. The molecule has 0 bridgehead atoms. The lowest BCUT2D eigenvalue weighted by molar-refractivity contribution is -0.165. The van der Waals surface area contributed by atoms with E-state index in [9.17, 15) is 9.90 Å². The first kappa shape index (κ1) is 11.0. The number of nitrogens with zero attached hydrogens (tertiary/aromatic N) is 2. The van der Waals surface area contributed by atoms with Crippen LogP contribution in [0.1, 0.15) is 19.8 Å². The van der Waals surface area contributed by atoms with Crippen molar-refractivity contribution in [2.24, 2.45) is 0 Å². The highest BCUT2D eigenvalue weighted by Gasteiger charge is 2.38. The number of aliphatic hydroxyl groups is 1. The summed E-state index contributed by atoms with van der Waals surface area (Å²) in [4.78, 5) is 13.0. The van der Waals surface area contributed by atoms with Crippen LogP contribution in [0.3, 0.4) is 0 Å². The van der Waals surface area contributed by atoms with Crippen molar-refractivity contribution in [3.8, 4) is 6.07 Å². The van der Waals surface area contributed by atoms with E-state index in [4.69, 9.17) is 5.26 Å². The van der Waals surface area contributed by atoms with E-state index >= 15 is 0 Å². The van der Waals surface area contributed by atoms with Gasteiger partial charge >= 0.3 is 0 Å². The molecule has 0 radical (unpaired) electrons. The lowest BCUT2D eigenvalue weighted by Crippen LogP contribution is -2.45. The Morgan fingerprint density at radius 3 is 2.64 bits per heavy atom. The lowest BCUT2D eigenvalue weighted by atomic mass is 10.3. The van der Waals surface area contributed by atoms with Crippen LogP contribution < -0.4 is 0 Å². The maximum Gasteiger partial charge on any atom is 0.280 e. The number of hydrogen-bond donors (Lipinski definition) is 1. The zero-order chi connectivity index (χ0) is 10.7. The van der Waals surface area contributed by atoms with Gasteiger partial charge in [0.2, 0.25) is 6.29 Å². The highest BCUT2D eigenvalue weighted by molar-refractivity contribution is 5.80. The number of rotatable bonds is 4. The van der Waals surface area contributed by atoms with Gasteiger partial charge in [-0.3, -0.25) is 4.79 Å². The summed E-state index contributed by atoms with van der Waals surface area (Å²) in [7, 11) is 1.25. The first-order valence-corrected chi connectivity index (χ1v) is 4.54. The number of carbonyl (C=O) groups is 1. The molecule has 1 unspecified atom stereocenters. The molecule has 14 heavy (non-hydrogen) atoms. The minimum Gasteiger partial charge on any atom is -0.361 e. The molecule has 0 aromatic rings. The minimum atomic E-state index is -1.45. The normalized spacial score (nSPS) is 19.6. The number of nitriles is 1. The van der Waals surface area contributed by atoms with E-state index in [2.05, 4.69) is 4.74 Å². The fourth-order valence-electron chi connectivity index (χ4n) is 1.33. The van der Waals surface area contributed by atoms with Crippen LogP contribution in [0, 0.1) is 11.3 Å². The summed E-state index contributed by atoms with van der Waals surface area (Å²) in [6.07, 6.45) is 0.342. The molecule has 0 heterocycles. The largest absolute Gasteiger partial charge is 0.361 e. The summed E-state index contributed by atoms with van der Waals surface area (Å²) in [6.45, 7) is 1.64. The summed E-state index contributed by atoms with van der Waals surface area (Å²) in [5.74, 6) is -0.524. The third kappa shape index (κ3) is 2.22. The van der Waals surface area contributed by atoms with Crippen molar-refractivity contribution >= 4 is 5.91 Å². The molecule has 1 amide bonds. The molecule has 5 heteroatoms. The summed E-state index contributed by atoms with van der Waals surface area (Å²) in [5, 5.41) is 17.9. The summed E-state index contributed by atoms with van der Waals surface area (Å²) < 4.78 is 4.52. The Balaban J connectivity index is 2.68. The highest BCUT2D eigenvalue weighted by Crippen LogP contribution is 2.29. The van der Waals surface area contributed by atoms with Gasteiger partial charge in [0.15, 0.2) is 0 Å². The molecule has 1 N–H and O–H groups in total. The van der Waals surface area contributed by atoms with Crippen molar-refractivity contribution in [1.29, 1.82) is 5.26 Å². The molecule has 1 aliphatic carbocycles.